The number of ether oxygens (including phenoxy) is 1. The van der Waals surface area contributed by atoms with Gasteiger partial charge in [0, 0.05) is 11.3 Å². The van der Waals surface area contributed by atoms with E-state index >= 15 is 0 Å². The number of hydrogen-bond acceptors (Lipinski definition) is 7. The van der Waals surface area contributed by atoms with Crippen molar-refractivity contribution in [1.29, 1.82) is 5.26 Å². The number of rotatable bonds is 6. The Morgan fingerprint density at radius 3 is 2.52 bits per heavy atom. The van der Waals surface area contributed by atoms with Gasteiger partial charge in [0.15, 0.2) is 0 Å². The van der Waals surface area contributed by atoms with Gasteiger partial charge in [0.2, 0.25) is 11.8 Å². The summed E-state index contributed by atoms with van der Waals surface area (Å²) in [5.41, 5.74) is 1.92. The van der Waals surface area contributed by atoms with Gasteiger partial charge in [-0.3, -0.25) is 4.79 Å². The molecule has 1 atom stereocenters. The van der Waals surface area contributed by atoms with Gasteiger partial charge in [0.25, 0.3) is 5.22 Å². The third-order valence-corrected chi connectivity index (χ3v) is 4.61. The smallest absolute Gasteiger partial charge is 0.277 e. The molecule has 0 aliphatic carbocycles. The van der Waals surface area contributed by atoms with Crippen LogP contribution in [-0.2, 0) is 4.79 Å². The van der Waals surface area contributed by atoms with Crippen LogP contribution in [0.2, 0.25) is 0 Å². The molecule has 0 radical (unpaired) electrons. The van der Waals surface area contributed by atoms with Crippen molar-refractivity contribution in [2.45, 2.75) is 17.4 Å². The number of nitriles is 1. The molecule has 136 valence electrons. The van der Waals surface area contributed by atoms with Crippen LogP contribution in [-0.4, -0.2) is 28.5 Å². The maximum atomic E-state index is 12.3. The number of nitrogens with zero attached hydrogens (tertiary/aromatic N) is 3. The fourth-order valence-electron chi connectivity index (χ4n) is 2.18. The van der Waals surface area contributed by atoms with Crippen LogP contribution in [0.25, 0.3) is 11.5 Å². The van der Waals surface area contributed by atoms with Gasteiger partial charge in [-0.1, -0.05) is 11.8 Å². The molecule has 0 aliphatic heterocycles. The molecular formula is C19H16N4O3S. The molecule has 0 bridgehead atoms. The van der Waals surface area contributed by atoms with Crippen molar-refractivity contribution in [2.75, 3.05) is 12.4 Å². The summed E-state index contributed by atoms with van der Waals surface area (Å²) in [7, 11) is 1.60. The number of anilines is 1. The number of carbonyl (C=O) groups excluding carboxylic acids is 1. The highest BCUT2D eigenvalue weighted by atomic mass is 32.2. The van der Waals surface area contributed by atoms with Crippen LogP contribution >= 0.6 is 11.8 Å². The molecule has 1 aromatic heterocycles. The maximum absolute atomic E-state index is 12.3. The van der Waals surface area contributed by atoms with Crippen molar-refractivity contribution in [2.24, 2.45) is 0 Å². The number of nitrogens with one attached hydrogen (secondary N) is 1. The summed E-state index contributed by atoms with van der Waals surface area (Å²) in [5.74, 6) is 0.912. The molecule has 1 N–H and O–H groups in total. The van der Waals surface area contributed by atoms with Crippen molar-refractivity contribution in [3.8, 4) is 23.3 Å². The van der Waals surface area contributed by atoms with Crippen LogP contribution < -0.4 is 10.1 Å². The van der Waals surface area contributed by atoms with Gasteiger partial charge in [-0.15, -0.1) is 10.2 Å². The van der Waals surface area contributed by atoms with Gasteiger partial charge >= 0.3 is 0 Å². The molecule has 3 aromatic rings. The van der Waals surface area contributed by atoms with Crippen molar-refractivity contribution >= 4 is 23.4 Å². The second kappa shape index (κ2) is 8.38. The molecule has 0 saturated carbocycles. The molecular weight excluding hydrogens is 364 g/mol. The lowest BCUT2D eigenvalue weighted by molar-refractivity contribution is -0.115. The predicted octanol–water partition coefficient (Wildman–Crippen LogP) is 3.74. The third-order valence-electron chi connectivity index (χ3n) is 3.67. The summed E-state index contributed by atoms with van der Waals surface area (Å²) in [6, 6.07) is 15.9. The van der Waals surface area contributed by atoms with Crippen molar-refractivity contribution in [1.82, 2.24) is 10.2 Å². The van der Waals surface area contributed by atoms with E-state index in [-0.39, 0.29) is 5.91 Å². The average Bonchev–Trinajstić information content (AvgIpc) is 3.17. The molecule has 2 aromatic carbocycles. The Labute approximate surface area is 160 Å². The van der Waals surface area contributed by atoms with E-state index in [2.05, 4.69) is 15.5 Å². The van der Waals surface area contributed by atoms with Gasteiger partial charge < -0.3 is 14.5 Å². The minimum absolute atomic E-state index is 0.200. The largest absolute Gasteiger partial charge is 0.497 e. The van der Waals surface area contributed by atoms with Gasteiger partial charge in [0.1, 0.15) is 5.75 Å². The number of carbonyl (C=O) groups is 1. The van der Waals surface area contributed by atoms with E-state index in [1.807, 2.05) is 18.2 Å². The Hall–Kier alpha value is -3.31. The highest BCUT2D eigenvalue weighted by molar-refractivity contribution is 8.00. The number of amides is 1. The third kappa shape index (κ3) is 4.65. The van der Waals surface area contributed by atoms with Crippen LogP contribution in [0.1, 0.15) is 12.5 Å². The van der Waals surface area contributed by atoms with Crippen molar-refractivity contribution in [3.63, 3.8) is 0 Å². The fourth-order valence-corrected chi connectivity index (χ4v) is 2.87. The fraction of sp³-hybridized carbons (Fsp3) is 0.158. The lowest BCUT2D eigenvalue weighted by Crippen LogP contribution is -2.22. The van der Waals surface area contributed by atoms with E-state index in [0.717, 1.165) is 11.3 Å². The van der Waals surface area contributed by atoms with Gasteiger partial charge in [-0.25, -0.2) is 0 Å². The summed E-state index contributed by atoms with van der Waals surface area (Å²) in [5, 5.41) is 19.5. The molecule has 7 nitrogen and oxygen atoms in total. The Kier molecular flexibility index (Phi) is 5.74. The quantitative estimate of drug-likeness (QED) is 0.650. The number of aromatic nitrogens is 2. The molecule has 0 spiro atoms. The van der Waals surface area contributed by atoms with E-state index in [0.29, 0.717) is 22.4 Å². The molecule has 0 saturated heterocycles. The summed E-state index contributed by atoms with van der Waals surface area (Å²) in [6.45, 7) is 1.75. The summed E-state index contributed by atoms with van der Waals surface area (Å²) < 4.78 is 10.7. The first-order valence-corrected chi connectivity index (χ1v) is 8.92. The zero-order chi connectivity index (χ0) is 19.2. The van der Waals surface area contributed by atoms with Gasteiger partial charge in [-0.2, -0.15) is 5.26 Å². The number of hydrogen-bond donors (Lipinski definition) is 1. The lowest BCUT2D eigenvalue weighted by Gasteiger charge is -2.09. The average molecular weight is 380 g/mol. The molecule has 0 fully saturated rings. The Morgan fingerprint density at radius 1 is 1.19 bits per heavy atom. The molecule has 0 aliphatic rings. The second-order valence-electron chi connectivity index (χ2n) is 5.54. The van der Waals surface area contributed by atoms with Gasteiger partial charge in [0.05, 0.1) is 24.0 Å². The minimum Gasteiger partial charge on any atom is -0.497 e. The topological polar surface area (TPSA) is 101 Å². The highest BCUT2D eigenvalue weighted by Crippen LogP contribution is 2.27. The second-order valence-corrected chi connectivity index (χ2v) is 6.83. The van der Waals surface area contributed by atoms with E-state index < -0.39 is 5.25 Å². The zero-order valence-corrected chi connectivity index (χ0v) is 15.5. The van der Waals surface area contributed by atoms with Crippen LogP contribution in [0, 0.1) is 11.3 Å². The molecule has 1 amide bonds. The zero-order valence-electron chi connectivity index (χ0n) is 14.7. The van der Waals surface area contributed by atoms with E-state index in [4.69, 9.17) is 14.4 Å². The molecule has 1 heterocycles. The number of thioether (sulfide) groups is 1. The molecule has 8 heteroatoms. The first kappa shape index (κ1) is 18.5. The van der Waals surface area contributed by atoms with Crippen LogP contribution in [0.4, 0.5) is 5.69 Å². The molecule has 27 heavy (non-hydrogen) atoms. The van der Waals surface area contributed by atoms with Crippen LogP contribution in [0.3, 0.4) is 0 Å². The Bertz CT molecular complexity index is 962. The standard InChI is InChI=1S/C19H16N4O3S/c1-12(17(24)21-15-7-3-13(11-20)4-8-15)27-19-23-22-18(26-19)14-5-9-16(25-2)10-6-14/h3-10,12H,1-2H3,(H,21,24)/t12-/m0/s1. The SMILES string of the molecule is COc1ccc(-c2nnc(S[C@@H](C)C(=O)Nc3ccc(C#N)cc3)o2)cc1. The molecule has 0 unspecified atom stereocenters. The summed E-state index contributed by atoms with van der Waals surface area (Å²) in [4.78, 5) is 12.3. The summed E-state index contributed by atoms with van der Waals surface area (Å²) in [6.07, 6.45) is 0. The first-order valence-electron chi connectivity index (χ1n) is 8.04. The number of methoxy groups -OCH3 is 1. The van der Waals surface area contributed by atoms with Crippen LogP contribution in [0.5, 0.6) is 5.75 Å². The Morgan fingerprint density at radius 2 is 1.89 bits per heavy atom. The number of benzene rings is 2. The monoisotopic (exact) mass is 380 g/mol. The highest BCUT2D eigenvalue weighted by Gasteiger charge is 2.19. The van der Waals surface area contributed by atoms with E-state index in [1.54, 1.807) is 50.4 Å². The maximum Gasteiger partial charge on any atom is 0.277 e. The Balaban J connectivity index is 1.61. The molecule has 3 rings (SSSR count). The summed E-state index contributed by atoms with van der Waals surface area (Å²) >= 11 is 1.17. The normalized spacial score (nSPS) is 11.4. The van der Waals surface area contributed by atoms with Crippen molar-refractivity contribution in [3.05, 3.63) is 54.1 Å². The minimum atomic E-state index is -0.440. The predicted molar refractivity (Wildman–Crippen MR) is 101 cm³/mol. The van der Waals surface area contributed by atoms with E-state index in [9.17, 15) is 4.79 Å². The van der Waals surface area contributed by atoms with E-state index in [1.165, 1.54) is 11.8 Å². The van der Waals surface area contributed by atoms with Crippen molar-refractivity contribution < 1.29 is 13.9 Å². The van der Waals surface area contributed by atoms with Gasteiger partial charge in [-0.05, 0) is 55.5 Å². The first-order chi connectivity index (χ1) is 13.1. The van der Waals surface area contributed by atoms with Crippen LogP contribution in [0.15, 0.2) is 58.2 Å². The lowest BCUT2D eigenvalue weighted by atomic mass is 10.2.